The fourth-order valence-corrected chi connectivity index (χ4v) is 6.85. The minimum Gasteiger partial charge on any atom is -0.466 e. The first kappa shape index (κ1) is 21.3. The van der Waals surface area contributed by atoms with Crippen molar-refractivity contribution in [2.45, 2.75) is 84.7 Å². The Labute approximate surface area is 179 Å². The first-order valence-corrected chi connectivity index (χ1v) is 11.4. The maximum absolute atomic E-state index is 12.5. The highest BCUT2D eigenvalue weighted by atomic mass is 16.6. The lowest BCUT2D eigenvalue weighted by Crippen LogP contribution is -2.51. The fourth-order valence-electron chi connectivity index (χ4n) is 6.85. The van der Waals surface area contributed by atoms with Gasteiger partial charge in [0.2, 0.25) is 0 Å². The Morgan fingerprint density at radius 1 is 1.10 bits per heavy atom. The first-order valence-electron chi connectivity index (χ1n) is 11.4. The highest BCUT2D eigenvalue weighted by Gasteiger charge is 2.62. The van der Waals surface area contributed by atoms with E-state index in [-0.39, 0.29) is 29.6 Å². The smallest absolute Gasteiger partial charge is 0.317 e. The van der Waals surface area contributed by atoms with Crippen molar-refractivity contribution >= 4 is 17.7 Å². The topological polar surface area (TPSA) is 69.7 Å². The molecule has 0 N–H and O–H groups in total. The number of ketones is 1. The van der Waals surface area contributed by atoms with E-state index >= 15 is 0 Å². The molecule has 4 aliphatic rings. The van der Waals surface area contributed by atoms with Gasteiger partial charge in [-0.25, -0.2) is 0 Å². The summed E-state index contributed by atoms with van der Waals surface area (Å²) < 4.78 is 10.9. The number of ether oxygens (including phenoxy) is 2. The number of allylic oxidation sites excluding steroid dienone is 4. The number of fused-ring (bicyclic) bond motifs is 5. The normalized spacial score (nSPS) is 39.8. The summed E-state index contributed by atoms with van der Waals surface area (Å²) in [4.78, 5) is 36.2. The average molecular weight is 415 g/mol. The van der Waals surface area contributed by atoms with E-state index in [0.717, 1.165) is 38.5 Å². The molecule has 4 rings (SSSR count). The Hall–Kier alpha value is -1.91. The number of esters is 2. The highest BCUT2D eigenvalue weighted by molar-refractivity contribution is 5.92. The molecule has 0 heterocycles. The van der Waals surface area contributed by atoms with E-state index in [1.165, 1.54) is 11.1 Å². The number of carbonyl (C=O) groups excluding carboxylic acids is 3. The van der Waals surface area contributed by atoms with Gasteiger partial charge >= 0.3 is 11.9 Å². The molecule has 0 aromatic rings. The van der Waals surface area contributed by atoms with Crippen molar-refractivity contribution in [2.75, 3.05) is 6.61 Å². The fraction of sp³-hybridized carbons (Fsp3) is 0.720. The van der Waals surface area contributed by atoms with Crippen molar-refractivity contribution < 1.29 is 23.9 Å². The summed E-state index contributed by atoms with van der Waals surface area (Å²) in [6, 6.07) is 0. The molecule has 4 aliphatic carbocycles. The van der Waals surface area contributed by atoms with Crippen LogP contribution in [0.3, 0.4) is 0 Å². The molecule has 0 aromatic carbocycles. The van der Waals surface area contributed by atoms with Crippen molar-refractivity contribution in [3.63, 3.8) is 0 Å². The van der Waals surface area contributed by atoms with Gasteiger partial charge in [0, 0.05) is 17.3 Å². The Morgan fingerprint density at radius 2 is 1.87 bits per heavy atom. The van der Waals surface area contributed by atoms with Crippen LogP contribution in [0.15, 0.2) is 23.3 Å². The van der Waals surface area contributed by atoms with E-state index in [1.54, 1.807) is 6.92 Å². The van der Waals surface area contributed by atoms with Gasteiger partial charge in [-0.3, -0.25) is 14.4 Å². The van der Waals surface area contributed by atoms with Gasteiger partial charge in [-0.15, -0.1) is 0 Å². The third kappa shape index (κ3) is 3.16. The van der Waals surface area contributed by atoms with E-state index < -0.39 is 17.5 Å². The quantitative estimate of drug-likeness (QED) is 0.379. The van der Waals surface area contributed by atoms with Crippen molar-refractivity contribution in [3.8, 4) is 0 Å². The van der Waals surface area contributed by atoms with E-state index in [0.29, 0.717) is 18.3 Å². The monoisotopic (exact) mass is 414 g/mol. The minimum absolute atomic E-state index is 0.0116. The molecule has 0 amide bonds. The van der Waals surface area contributed by atoms with Crippen LogP contribution in [-0.4, -0.2) is 29.9 Å². The molecule has 4 unspecified atom stereocenters. The molecule has 5 atom stereocenters. The van der Waals surface area contributed by atoms with Crippen molar-refractivity contribution in [1.29, 1.82) is 0 Å². The summed E-state index contributed by atoms with van der Waals surface area (Å²) in [5.41, 5.74) is 2.11. The third-order valence-corrected chi connectivity index (χ3v) is 8.80. The molecule has 0 saturated heterocycles. The van der Waals surface area contributed by atoms with E-state index in [4.69, 9.17) is 9.47 Å². The van der Waals surface area contributed by atoms with Crippen LogP contribution in [0, 0.1) is 22.7 Å². The van der Waals surface area contributed by atoms with Crippen molar-refractivity contribution in [2.24, 2.45) is 22.7 Å². The van der Waals surface area contributed by atoms with Gasteiger partial charge in [-0.05, 0) is 70.3 Å². The largest absolute Gasteiger partial charge is 0.466 e. The lowest BCUT2D eigenvalue weighted by atomic mass is 9.51. The van der Waals surface area contributed by atoms with Crippen LogP contribution in [0.25, 0.3) is 0 Å². The molecule has 0 bridgehead atoms. The van der Waals surface area contributed by atoms with Crippen LogP contribution in [0.5, 0.6) is 0 Å². The third-order valence-electron chi connectivity index (χ3n) is 8.80. The van der Waals surface area contributed by atoms with Crippen molar-refractivity contribution in [1.82, 2.24) is 0 Å². The first-order chi connectivity index (χ1) is 14.1. The second-order valence-corrected chi connectivity index (χ2v) is 10.2. The van der Waals surface area contributed by atoms with Gasteiger partial charge < -0.3 is 9.47 Å². The maximum Gasteiger partial charge on any atom is 0.317 e. The zero-order valence-electron chi connectivity index (χ0n) is 18.7. The van der Waals surface area contributed by atoms with Crippen LogP contribution in [0.2, 0.25) is 0 Å². The van der Waals surface area contributed by atoms with Crippen LogP contribution >= 0.6 is 0 Å². The van der Waals surface area contributed by atoms with Crippen LogP contribution in [0.1, 0.15) is 79.1 Å². The Kier molecular flexibility index (Phi) is 5.22. The van der Waals surface area contributed by atoms with Gasteiger partial charge in [0.25, 0.3) is 0 Å². The summed E-state index contributed by atoms with van der Waals surface area (Å²) in [5, 5.41) is 0. The molecular weight excluding hydrogens is 380 g/mol. The summed E-state index contributed by atoms with van der Waals surface area (Å²) in [6.45, 7) is 8.61. The van der Waals surface area contributed by atoms with Gasteiger partial charge in [0.15, 0.2) is 5.78 Å². The molecule has 0 aliphatic heterocycles. The average Bonchev–Trinajstić information content (AvgIpc) is 2.93. The van der Waals surface area contributed by atoms with Gasteiger partial charge in [0.05, 0.1) is 6.61 Å². The molecule has 0 radical (unpaired) electrons. The number of carbonyl (C=O) groups is 3. The van der Waals surface area contributed by atoms with Crippen LogP contribution in [-0.2, 0) is 23.9 Å². The Balaban J connectivity index is 1.58. The molecule has 2 saturated carbocycles. The zero-order chi connectivity index (χ0) is 21.7. The Morgan fingerprint density at radius 3 is 2.60 bits per heavy atom. The second-order valence-electron chi connectivity index (χ2n) is 10.2. The second kappa shape index (κ2) is 7.35. The molecule has 0 aromatic heterocycles. The predicted octanol–water partition coefficient (Wildman–Crippen LogP) is 4.69. The van der Waals surface area contributed by atoms with Crippen LogP contribution < -0.4 is 0 Å². The molecule has 2 fully saturated rings. The summed E-state index contributed by atoms with van der Waals surface area (Å²) in [5.74, 6) is 0.185. The lowest BCUT2D eigenvalue weighted by molar-refractivity contribution is -0.176. The summed E-state index contributed by atoms with van der Waals surface area (Å²) in [7, 11) is 0. The molecule has 0 spiro atoms. The summed E-state index contributed by atoms with van der Waals surface area (Å²) in [6.07, 6.45) is 10.3. The standard InChI is InChI=1S/C25H34O5/c1-5-29-21(27)15-22(28)30-25(4)13-10-20-18-7-6-16-14-17(26)8-11-23(16,2)19(18)9-12-24(20,25)3/h9,14,18,20H,5-8,10-13,15H2,1-4H3/t18?,20?,23?,24?,25-/m0/s1. The molecular formula is C25H34O5. The lowest BCUT2D eigenvalue weighted by Gasteiger charge is -2.54. The van der Waals surface area contributed by atoms with E-state index in [1.807, 2.05) is 13.0 Å². The number of rotatable bonds is 4. The maximum atomic E-state index is 12.5. The highest BCUT2D eigenvalue weighted by Crippen LogP contribution is 2.66. The number of hydrogen-bond donors (Lipinski definition) is 0. The molecule has 164 valence electrons. The number of hydrogen-bond acceptors (Lipinski definition) is 5. The van der Waals surface area contributed by atoms with Gasteiger partial charge in [-0.2, -0.15) is 0 Å². The molecule has 5 nitrogen and oxygen atoms in total. The van der Waals surface area contributed by atoms with Gasteiger partial charge in [0.1, 0.15) is 12.0 Å². The zero-order valence-corrected chi connectivity index (χ0v) is 18.7. The van der Waals surface area contributed by atoms with Crippen LogP contribution in [0.4, 0.5) is 0 Å². The van der Waals surface area contributed by atoms with Crippen molar-refractivity contribution in [3.05, 3.63) is 23.3 Å². The van der Waals surface area contributed by atoms with Gasteiger partial charge in [-0.1, -0.05) is 31.1 Å². The molecule has 5 heteroatoms. The minimum atomic E-state index is -0.581. The predicted molar refractivity (Wildman–Crippen MR) is 112 cm³/mol. The van der Waals surface area contributed by atoms with E-state index in [9.17, 15) is 14.4 Å². The molecule has 30 heavy (non-hydrogen) atoms. The van der Waals surface area contributed by atoms with E-state index in [2.05, 4.69) is 19.9 Å². The SMILES string of the molecule is CCOC(=O)CC(=O)O[C@@]1(C)CCC2C3CCC4=CC(=O)CCC4(C)C3=CCC21C. The Bertz CT molecular complexity index is 838. The summed E-state index contributed by atoms with van der Waals surface area (Å²) >= 11 is 0.